The first-order valence-corrected chi connectivity index (χ1v) is 12.2. The number of carboxylic acids is 1. The minimum atomic E-state index is -2.03. The molecule has 0 amide bonds. The molecule has 0 aliphatic heterocycles. The molecule has 1 aromatic heterocycles. The van der Waals surface area contributed by atoms with E-state index in [-0.39, 0.29) is 11.5 Å². The van der Waals surface area contributed by atoms with Crippen LogP contribution in [0.3, 0.4) is 0 Å². The Morgan fingerprint density at radius 2 is 1.67 bits per heavy atom. The normalized spacial score (nSPS) is 13.5. The molecule has 0 bridgehead atoms. The molecule has 0 spiro atoms. The number of nitrogens with zero attached hydrogens (tertiary/aromatic N) is 1. The van der Waals surface area contributed by atoms with Crippen LogP contribution in [0.2, 0.25) is 0 Å². The van der Waals surface area contributed by atoms with Gasteiger partial charge in [0, 0.05) is 23.9 Å². The van der Waals surface area contributed by atoms with Gasteiger partial charge < -0.3 is 14.7 Å². The van der Waals surface area contributed by atoms with E-state index < -0.39 is 32.0 Å². The molecule has 0 saturated carbocycles. The number of pyridine rings is 1. The second-order valence-corrected chi connectivity index (χ2v) is 9.18. The topological polar surface area (TPSA) is 96.7 Å². The lowest BCUT2D eigenvalue weighted by Gasteiger charge is -2.33. The van der Waals surface area contributed by atoms with Crippen LogP contribution in [0, 0.1) is 25.1 Å². The van der Waals surface area contributed by atoms with Gasteiger partial charge in [0.1, 0.15) is 5.82 Å². The average molecular weight is 512 g/mol. The van der Waals surface area contributed by atoms with Crippen molar-refractivity contribution in [3.05, 3.63) is 77.2 Å². The quantitative estimate of drug-likeness (QED) is 0.315. The van der Waals surface area contributed by atoms with Crippen LogP contribution in [0.15, 0.2) is 54.6 Å². The minimum Gasteiger partial charge on any atom is -0.480 e. The molecule has 6 nitrogen and oxygen atoms in total. The van der Waals surface area contributed by atoms with Crippen molar-refractivity contribution in [3.63, 3.8) is 0 Å². The fourth-order valence-corrected chi connectivity index (χ4v) is 4.11. The predicted molar refractivity (Wildman–Crippen MR) is 141 cm³/mol. The zero-order valence-corrected chi connectivity index (χ0v) is 22.1. The first-order valence-electron chi connectivity index (χ1n) is 11.3. The largest absolute Gasteiger partial charge is 0.480 e. The monoisotopic (exact) mass is 511 g/mol. The number of carbonyl (C=O) groups is 1. The second-order valence-electron chi connectivity index (χ2n) is 8.51. The number of aliphatic carboxylic acids is 1. The maximum Gasteiger partial charge on any atom is 0.329 e. The molecule has 0 saturated heterocycles. The smallest absolute Gasteiger partial charge is 0.329 e. The molecule has 8 heteroatoms. The van der Waals surface area contributed by atoms with Gasteiger partial charge in [0.2, 0.25) is 0 Å². The van der Waals surface area contributed by atoms with Crippen molar-refractivity contribution in [3.8, 4) is 34.7 Å². The highest BCUT2D eigenvalue weighted by Crippen LogP contribution is 2.44. The molecule has 3 atom stereocenters. The van der Waals surface area contributed by atoms with Gasteiger partial charge in [0.15, 0.2) is 14.1 Å². The van der Waals surface area contributed by atoms with Crippen LogP contribution in [0.5, 0.6) is 0 Å². The van der Waals surface area contributed by atoms with E-state index in [2.05, 4.69) is 10.4 Å². The summed E-state index contributed by atoms with van der Waals surface area (Å²) in [6.45, 7) is 7.00. The highest BCUT2D eigenvalue weighted by atomic mass is 31.1. The highest BCUT2D eigenvalue weighted by molar-refractivity contribution is 7.17. The van der Waals surface area contributed by atoms with Gasteiger partial charge in [-0.25, -0.2) is 4.39 Å². The van der Waals surface area contributed by atoms with Gasteiger partial charge in [-0.1, -0.05) is 62.2 Å². The molecule has 0 aliphatic rings. The van der Waals surface area contributed by atoms with E-state index in [9.17, 15) is 19.4 Å². The van der Waals surface area contributed by atoms with Crippen molar-refractivity contribution in [2.24, 2.45) is 0 Å². The lowest BCUT2D eigenvalue weighted by atomic mass is 9.70. The van der Waals surface area contributed by atoms with E-state index >= 15 is 0 Å². The Balaban J connectivity index is 0.00000106. The molecular weight excluding hydrogens is 480 g/mol. The van der Waals surface area contributed by atoms with Gasteiger partial charge in [-0.05, 0) is 48.6 Å². The number of carboxylic acid groups (broad SMARTS) is 1. The first-order chi connectivity index (χ1) is 17.1. The van der Waals surface area contributed by atoms with Crippen LogP contribution in [-0.2, 0) is 19.3 Å². The summed E-state index contributed by atoms with van der Waals surface area (Å²) in [5.74, 6) is 0.424. The van der Waals surface area contributed by atoms with Gasteiger partial charge >= 0.3 is 5.97 Å². The molecule has 190 valence electrons. The van der Waals surface area contributed by atoms with E-state index in [1.54, 1.807) is 12.1 Å². The maximum atomic E-state index is 13.7. The van der Waals surface area contributed by atoms with E-state index in [1.165, 1.54) is 26.2 Å². The van der Waals surface area contributed by atoms with E-state index in [0.29, 0.717) is 28.1 Å². The number of aliphatic hydroxyl groups excluding tert-OH is 1. The van der Waals surface area contributed by atoms with Crippen LogP contribution in [0.4, 0.5) is 4.39 Å². The highest BCUT2D eigenvalue weighted by Gasteiger charge is 2.48. The Morgan fingerprint density at radius 1 is 1.11 bits per heavy atom. The van der Waals surface area contributed by atoms with Gasteiger partial charge in [0.05, 0.1) is 11.8 Å². The van der Waals surface area contributed by atoms with E-state index in [4.69, 9.17) is 16.0 Å². The molecule has 3 unspecified atom stereocenters. The minimum absolute atomic E-state index is 0.196. The molecule has 1 heterocycles. The van der Waals surface area contributed by atoms with Gasteiger partial charge in [-0.3, -0.25) is 14.3 Å². The number of hydrogen-bond acceptors (Lipinski definition) is 5. The maximum absolute atomic E-state index is 13.7. The van der Waals surface area contributed by atoms with Gasteiger partial charge in [0.25, 0.3) is 0 Å². The van der Waals surface area contributed by atoms with E-state index in [0.717, 1.165) is 5.56 Å². The molecule has 3 aromatic rings. The Morgan fingerprint density at radius 3 is 2.08 bits per heavy atom. The van der Waals surface area contributed by atoms with Crippen molar-refractivity contribution in [2.45, 2.75) is 45.1 Å². The summed E-state index contributed by atoms with van der Waals surface area (Å²) in [6.07, 6.45) is 4.40. The molecule has 3 rings (SSSR count). The van der Waals surface area contributed by atoms with Crippen molar-refractivity contribution in [1.29, 1.82) is 0 Å². The lowest BCUT2D eigenvalue weighted by Crippen LogP contribution is -2.45. The molecule has 0 fully saturated rings. The standard InChI is InChI=1S/C27H26FNO3.CH5O2P/c1-6-27(18(5)30,26(31)32)23-22(19-12-14-21(28)15-13-19)17(4)25(29-24(23)16(2)3)20-10-8-7-9-11-20;1-3-4-2/h1,7-16,18,30H,2-5H3,(H,31,32);4H2,1H3. The van der Waals surface area contributed by atoms with Crippen molar-refractivity contribution in [1.82, 2.24) is 4.98 Å². The number of aliphatic hydroxyl groups is 1. The van der Waals surface area contributed by atoms with Crippen LogP contribution >= 0.6 is 8.69 Å². The Labute approximate surface area is 212 Å². The summed E-state index contributed by atoms with van der Waals surface area (Å²) >= 11 is 0. The Bertz CT molecular complexity index is 1250. The fraction of sp³-hybridized carbons (Fsp3) is 0.286. The number of terminal acetylenes is 1. The molecule has 0 radical (unpaired) electrons. The summed E-state index contributed by atoms with van der Waals surface area (Å²) in [5, 5.41) is 20.9. The van der Waals surface area contributed by atoms with E-state index in [1.807, 2.05) is 51.1 Å². The summed E-state index contributed by atoms with van der Waals surface area (Å²) in [6, 6.07) is 15.4. The van der Waals surface area contributed by atoms with Crippen LogP contribution in [-0.4, -0.2) is 34.4 Å². The van der Waals surface area contributed by atoms with Crippen LogP contribution < -0.4 is 0 Å². The molecule has 2 N–H and O–H groups in total. The number of halogens is 1. The third kappa shape index (κ3) is 5.74. The van der Waals surface area contributed by atoms with Gasteiger partial charge in [-0.15, -0.1) is 6.42 Å². The number of benzene rings is 2. The molecule has 2 aromatic carbocycles. The van der Waals surface area contributed by atoms with Crippen LogP contribution in [0.25, 0.3) is 22.4 Å². The Kier molecular flexibility index (Phi) is 10.1. The fourth-order valence-electron chi connectivity index (χ4n) is 4.11. The van der Waals surface area contributed by atoms with Crippen molar-refractivity contribution < 1.29 is 28.5 Å². The first kappa shape index (κ1) is 28.9. The second kappa shape index (κ2) is 12.6. The molecule has 36 heavy (non-hydrogen) atoms. The summed E-state index contributed by atoms with van der Waals surface area (Å²) < 4.78 is 27.0. The van der Waals surface area contributed by atoms with Crippen molar-refractivity contribution in [2.75, 3.05) is 7.11 Å². The van der Waals surface area contributed by atoms with Gasteiger partial charge in [-0.2, -0.15) is 0 Å². The summed E-state index contributed by atoms with van der Waals surface area (Å²) in [5.41, 5.74) is 2.10. The molecular formula is C28H31FNO5P. The predicted octanol–water partition coefficient (Wildman–Crippen LogP) is 5.63. The molecule has 0 aliphatic carbocycles. The van der Waals surface area contributed by atoms with Crippen molar-refractivity contribution >= 4 is 14.7 Å². The number of hydrogen-bond donors (Lipinski definition) is 2. The third-order valence-corrected chi connectivity index (χ3v) is 6.07. The zero-order chi connectivity index (χ0) is 27.0. The summed E-state index contributed by atoms with van der Waals surface area (Å²) in [7, 11) is 0.437. The Hall–Kier alpha value is -3.30. The summed E-state index contributed by atoms with van der Waals surface area (Å²) in [4.78, 5) is 17.5. The lowest BCUT2D eigenvalue weighted by molar-refractivity contribution is -0.145. The average Bonchev–Trinajstić information content (AvgIpc) is 2.86. The number of aromatic nitrogens is 1. The third-order valence-electron chi connectivity index (χ3n) is 5.88. The SMILES string of the molecule is C#CC(C(=O)O)(c1c(C(C)C)nc(-c2ccccc2)c(C)c1-c1ccc(F)cc1)C(C)O.CO[PH2]=O. The number of rotatable bonds is 7. The zero-order valence-electron chi connectivity index (χ0n) is 20.9. The van der Waals surface area contributed by atoms with Crippen LogP contribution in [0.1, 0.15) is 43.5 Å².